The Morgan fingerprint density at radius 2 is 0.458 bits per heavy atom. The molecule has 0 rings (SSSR count). The number of ketones is 1. The van der Waals surface area contributed by atoms with Gasteiger partial charge in [-0.25, -0.2) is 0 Å². The number of unbranched alkanes of at least 4 members (excludes halogenated alkanes) is 1. The number of ether oxygens (including phenoxy) is 8. The van der Waals surface area contributed by atoms with Gasteiger partial charge < -0.3 is 168 Å². The summed E-state index contributed by atoms with van der Waals surface area (Å²) in [4.78, 5) is 52.5. The summed E-state index contributed by atoms with van der Waals surface area (Å²) >= 11 is 0. The predicted octanol–water partition coefficient (Wildman–Crippen LogP) is -1.06. The molecule has 2 unspecified atom stereocenters. The number of Topliss-reactive ketones (excluding diaryl/α,β-unsaturated/α-hetero) is 1. The molecule has 0 saturated carbocycles. The highest BCUT2D eigenvalue weighted by Crippen LogP contribution is 2.26. The molecule has 34 heteroatoms. The predicted molar refractivity (Wildman–Crippen MR) is 486 cm³/mol. The normalized spacial score (nSPS) is 13.0. The first-order valence-electron chi connectivity index (χ1n) is 46.7. The van der Waals surface area contributed by atoms with Crippen LogP contribution in [0.3, 0.4) is 0 Å². The Bertz CT molecular complexity index is 1850. The number of rotatable bonds is 98. The molecule has 0 aliphatic carbocycles. The summed E-state index contributed by atoms with van der Waals surface area (Å²) in [6.45, 7) is 31.2. The summed E-state index contributed by atoms with van der Waals surface area (Å²) in [7, 11) is 0. The lowest BCUT2D eigenvalue weighted by atomic mass is 9.93. The average Bonchev–Trinajstić information content (AvgIpc) is 0.813. The van der Waals surface area contributed by atoms with Crippen LogP contribution in [-0.2, 0) is 47.5 Å². The van der Waals surface area contributed by atoms with Crippen molar-refractivity contribution < 1.29 is 47.5 Å². The number of carbonyl (C=O) groups is 2. The molecule has 34 nitrogen and oxygen atoms in total. The van der Waals surface area contributed by atoms with Crippen LogP contribution in [-0.4, -0.2) is 409 Å². The second-order valence-electron chi connectivity index (χ2n) is 31.8. The molecule has 31 N–H and O–H groups in total. The van der Waals surface area contributed by atoms with Crippen LogP contribution in [0.25, 0.3) is 0 Å². The van der Waals surface area contributed by atoms with Gasteiger partial charge in [0.25, 0.3) is 5.91 Å². The third kappa shape index (κ3) is 64.6. The number of nitrogens with two attached hydrogens (primary N) is 15. The molecule has 0 fully saturated rings. The Labute approximate surface area is 718 Å². The van der Waals surface area contributed by atoms with Crippen LogP contribution in [0.5, 0.6) is 0 Å². The van der Waals surface area contributed by atoms with Crippen molar-refractivity contribution in [3.05, 3.63) is 0 Å². The molecule has 118 heavy (non-hydrogen) atoms. The summed E-state index contributed by atoms with van der Waals surface area (Å²) in [6, 6.07) is 0. The van der Waals surface area contributed by atoms with Crippen LogP contribution in [0, 0.1) is 0 Å². The van der Waals surface area contributed by atoms with Crippen LogP contribution in [0.4, 0.5) is 0 Å². The van der Waals surface area contributed by atoms with Crippen LogP contribution in [0.15, 0.2) is 0 Å². The minimum atomic E-state index is -1.63. The zero-order valence-corrected chi connectivity index (χ0v) is 75.4. The molecule has 0 aromatic rings. The highest BCUT2D eigenvalue weighted by atomic mass is 16.6. The second-order valence-corrected chi connectivity index (χ2v) is 31.8. The lowest BCUT2D eigenvalue weighted by Crippen LogP contribution is -2.62. The Morgan fingerprint density at radius 3 is 0.703 bits per heavy atom. The maximum atomic E-state index is 16.8. The van der Waals surface area contributed by atoms with E-state index in [2.05, 4.69) is 51.4 Å². The molecule has 0 aliphatic rings. The van der Waals surface area contributed by atoms with Gasteiger partial charge in [0, 0.05) is 105 Å². The lowest BCUT2D eigenvalue weighted by molar-refractivity contribution is -0.182. The van der Waals surface area contributed by atoms with E-state index in [4.69, 9.17) is 124 Å². The average molecular weight is 1700 g/mol. The zero-order chi connectivity index (χ0) is 86.7. The van der Waals surface area contributed by atoms with E-state index in [1.54, 1.807) is 0 Å². The van der Waals surface area contributed by atoms with Gasteiger partial charge in [0.15, 0.2) is 23.7 Å². The van der Waals surface area contributed by atoms with Crippen LogP contribution in [0.1, 0.15) is 174 Å². The van der Waals surface area contributed by atoms with Crippen molar-refractivity contribution >= 4 is 11.7 Å². The third-order valence-electron chi connectivity index (χ3n) is 21.0. The molecule has 0 saturated heterocycles. The number of nitrogens with one attached hydrogen (secondary N) is 1. The second kappa shape index (κ2) is 85.7. The Morgan fingerprint density at radius 1 is 0.254 bits per heavy atom. The summed E-state index contributed by atoms with van der Waals surface area (Å²) < 4.78 is 56.1. The number of hydrogen-bond donors (Lipinski definition) is 16. The topological polar surface area (TPSA) is 536 Å². The molecule has 0 aromatic carbocycles. The van der Waals surface area contributed by atoms with E-state index >= 15 is 9.59 Å². The van der Waals surface area contributed by atoms with Crippen LogP contribution < -0.4 is 91.3 Å². The number of hydrogen-bond acceptors (Lipinski definition) is 33. The first-order chi connectivity index (χ1) is 57.7. The summed E-state index contributed by atoms with van der Waals surface area (Å²) in [6.07, 6.45) is 16.2. The van der Waals surface area contributed by atoms with Crippen LogP contribution in [0.2, 0.25) is 0 Å². The van der Waals surface area contributed by atoms with Crippen LogP contribution >= 0.6 is 0 Å². The maximum absolute atomic E-state index is 16.8. The van der Waals surface area contributed by atoms with E-state index in [9.17, 15) is 0 Å². The van der Waals surface area contributed by atoms with Gasteiger partial charge in [-0.3, -0.25) is 9.59 Å². The van der Waals surface area contributed by atoms with Gasteiger partial charge in [-0.15, -0.1) is 0 Å². The number of amides is 1. The van der Waals surface area contributed by atoms with Gasteiger partial charge in [-0.2, -0.15) is 0 Å². The number of nitrogens with zero attached hydrogens (tertiary/aromatic N) is 8. The molecule has 1 amide bonds. The smallest absolute Gasteiger partial charge is 0.254 e. The van der Waals surface area contributed by atoms with E-state index in [0.29, 0.717) is 196 Å². The van der Waals surface area contributed by atoms with E-state index < -0.39 is 35.2 Å². The fourth-order valence-electron chi connectivity index (χ4n) is 14.3. The zero-order valence-electron chi connectivity index (χ0n) is 75.4. The molecular weight excluding hydrogens is 1510 g/mol. The SMILES string of the molecule is CCCCN(CCCN)CCCOC(COCCCN(CCCN)CCCN)(COCCCN(CCCN)CCCN)CC(=O)C(OCCCN(CCCN)CCCN)C(OCCCN(CCCN)CCCN)C(=O)NC(COCCCN(CCCN)CCCN)(COCCCN(CCCN)CCCN)OCCCN(CCCN)CCCN. The summed E-state index contributed by atoms with van der Waals surface area (Å²) in [5, 5.41) is 3.41. The molecule has 0 heterocycles. The standard InChI is InChI=1S/C84H190N24O10/c1-2-3-42-101(43-4-27-85)64-25-72-117-83(75-111-66-19-58-102(44-5-28-86)45-6-29-87,76-112-67-20-59-103(46-7-30-88)47-8-31-89)74-79(109)80(115-70-23-62-106(52-13-36-94)53-14-37-95)81(116-71-24-63-107(54-15-38-96)55-16-39-97)82(110)100-84(118-73-26-65-108(56-17-40-98)57-18-41-99,77-113-68-21-60-104(48-9-32-90)49-10-33-91)78-114-69-22-61-105(50-11-34-92)51-12-35-93/h80-81H,2-78,85-99H2,1H3,(H,100,110). The first-order valence-corrected chi connectivity index (χ1v) is 46.7. The Hall–Kier alpha value is -2.10. The molecular formula is C84H190N24O10. The molecule has 0 aliphatic heterocycles. The molecule has 706 valence electrons. The monoisotopic (exact) mass is 1700 g/mol. The maximum Gasteiger partial charge on any atom is 0.254 e. The Balaban J connectivity index is 9.24. The van der Waals surface area contributed by atoms with Crippen molar-refractivity contribution in [3.63, 3.8) is 0 Å². The quantitative estimate of drug-likeness (QED) is 0.0255. The van der Waals surface area contributed by atoms with Gasteiger partial charge in [-0.1, -0.05) is 13.3 Å². The van der Waals surface area contributed by atoms with Crippen molar-refractivity contribution in [2.24, 2.45) is 86.0 Å². The van der Waals surface area contributed by atoms with E-state index in [0.717, 1.165) is 247 Å². The van der Waals surface area contributed by atoms with E-state index in [1.165, 1.54) is 0 Å². The van der Waals surface area contributed by atoms with Gasteiger partial charge >= 0.3 is 0 Å². The highest BCUT2D eigenvalue weighted by Gasteiger charge is 2.45. The number of carbonyl (C=O) groups excluding carboxylic acids is 2. The largest absolute Gasteiger partial charge is 0.378 e. The van der Waals surface area contributed by atoms with Gasteiger partial charge in [0.05, 0.1) is 33.0 Å². The molecule has 2 atom stereocenters. The van der Waals surface area contributed by atoms with Gasteiger partial charge in [0.1, 0.15) is 5.60 Å². The third-order valence-corrected chi connectivity index (χ3v) is 21.0. The highest BCUT2D eigenvalue weighted by molar-refractivity contribution is 5.93. The molecule has 0 radical (unpaired) electrons. The summed E-state index contributed by atoms with van der Waals surface area (Å²) in [5.41, 5.74) is 88.1. The Kier molecular flexibility index (Phi) is 84.2. The minimum Gasteiger partial charge on any atom is -0.378 e. The minimum absolute atomic E-state index is 0.00356. The molecule has 0 spiro atoms. The van der Waals surface area contributed by atoms with E-state index in [1.807, 2.05) is 0 Å². The van der Waals surface area contributed by atoms with E-state index in [-0.39, 0.29) is 59.3 Å². The fourth-order valence-corrected chi connectivity index (χ4v) is 14.3. The summed E-state index contributed by atoms with van der Waals surface area (Å²) in [5.74, 6) is -1.05. The molecule has 0 bridgehead atoms. The van der Waals surface area contributed by atoms with Gasteiger partial charge in [-0.05, 0) is 357 Å². The van der Waals surface area contributed by atoms with Crippen molar-refractivity contribution in [3.8, 4) is 0 Å². The van der Waals surface area contributed by atoms with Crippen molar-refractivity contribution in [1.82, 2.24) is 44.5 Å². The van der Waals surface area contributed by atoms with Crippen molar-refractivity contribution in [2.45, 2.75) is 197 Å². The first kappa shape index (κ1) is 116. The molecule has 0 aromatic heterocycles. The van der Waals surface area contributed by atoms with Crippen molar-refractivity contribution in [2.75, 3.05) is 335 Å². The fraction of sp³-hybridized carbons (Fsp3) is 0.976. The lowest BCUT2D eigenvalue weighted by Gasteiger charge is -2.38. The van der Waals surface area contributed by atoms with Gasteiger partial charge in [0.2, 0.25) is 0 Å². The van der Waals surface area contributed by atoms with Crippen molar-refractivity contribution in [1.29, 1.82) is 0 Å².